The number of rotatable bonds is 10. The second-order valence-electron chi connectivity index (χ2n) is 7.15. The molecule has 0 aliphatic rings. The van der Waals surface area contributed by atoms with Crippen LogP contribution in [0.1, 0.15) is 67.5 Å². The molecule has 0 saturated carbocycles. The molecule has 280 valence electrons. The van der Waals surface area contributed by atoms with E-state index in [0.717, 1.165) is 14.9 Å². The molecule has 0 saturated heterocycles. The van der Waals surface area contributed by atoms with Crippen LogP contribution in [0.5, 0.6) is 0 Å². The van der Waals surface area contributed by atoms with Gasteiger partial charge in [0, 0.05) is 6.20 Å². The molecule has 0 fully saturated rings. The van der Waals surface area contributed by atoms with E-state index in [2.05, 4.69) is 36.4 Å². The van der Waals surface area contributed by atoms with Gasteiger partial charge in [-0.15, -0.1) is 52.5 Å². The molecule has 2 rings (SSSR count). The Labute approximate surface area is 364 Å². The Morgan fingerprint density at radius 1 is 1.00 bits per heavy atom. The van der Waals surface area contributed by atoms with E-state index < -0.39 is 11.3 Å². The van der Waals surface area contributed by atoms with Gasteiger partial charge in [0.15, 0.2) is 22.7 Å². The molecule has 1 unspecified atom stereocenters. The van der Waals surface area contributed by atoms with Crippen LogP contribution in [-0.4, -0.2) is 112 Å². The Morgan fingerprint density at radius 3 is 1.66 bits per heavy atom. The number of esters is 3. The molecule has 2 aromatic rings. The van der Waals surface area contributed by atoms with E-state index in [1.807, 2.05) is 13.8 Å². The number of alkyl halides is 2. The zero-order valence-corrected chi connectivity index (χ0v) is 35.8. The van der Waals surface area contributed by atoms with E-state index in [1.54, 1.807) is 47.7 Å². The molecule has 0 aromatic carbocycles. The van der Waals surface area contributed by atoms with Gasteiger partial charge in [-0.3, -0.25) is 9.59 Å². The summed E-state index contributed by atoms with van der Waals surface area (Å²) in [5.74, 6) is -1.37. The molecule has 0 bridgehead atoms. The molecule has 50 heavy (non-hydrogen) atoms. The van der Waals surface area contributed by atoms with Gasteiger partial charge in [0.05, 0.1) is 59.1 Å². The average molecular weight is 829 g/mol. The minimum Gasteiger partial charge on any atom is -1.00 e. The fourth-order valence-electron chi connectivity index (χ4n) is 1.68. The van der Waals surface area contributed by atoms with Crippen LogP contribution < -0.4 is 59.3 Å². The van der Waals surface area contributed by atoms with Crippen molar-refractivity contribution in [3.63, 3.8) is 0 Å². The number of hydrogen-bond donors (Lipinski definition) is 2. The van der Waals surface area contributed by atoms with E-state index in [0.29, 0.717) is 42.4 Å². The average Bonchev–Trinajstić information content (AvgIpc) is 3.66. The van der Waals surface area contributed by atoms with Crippen molar-refractivity contribution in [2.45, 2.75) is 67.4 Å². The molecule has 22 heteroatoms. The molecule has 3 N–H and O–H groups in total. The van der Waals surface area contributed by atoms with Crippen LogP contribution in [-0.2, 0) is 44.7 Å². The Hall–Kier alpha value is -0.670. The first kappa shape index (κ1) is 67.5. The summed E-state index contributed by atoms with van der Waals surface area (Å²) in [6.07, 6.45) is 3.57. The predicted octanol–water partition coefficient (Wildman–Crippen LogP) is -3.51. The molecule has 0 radical (unpaired) electrons. The summed E-state index contributed by atoms with van der Waals surface area (Å²) in [7, 11) is 0. The van der Waals surface area contributed by atoms with Crippen LogP contribution >= 0.6 is 58.1 Å². The number of carbonyl (C=O) groups excluding carboxylic acids is 5. The number of aryl methyl sites for hydroxylation is 2. The number of nitrogens with zero attached hydrogens (tertiary/aromatic N) is 2. The van der Waals surface area contributed by atoms with Gasteiger partial charge in [0.25, 0.3) is 6.47 Å². The Bertz CT molecular complexity index is 1100. The molecule has 0 spiro atoms. The molecule has 14 nitrogen and oxygen atoms in total. The van der Waals surface area contributed by atoms with Gasteiger partial charge in [0.2, 0.25) is 0 Å². The predicted molar refractivity (Wildman–Crippen MR) is 197 cm³/mol. The van der Waals surface area contributed by atoms with Gasteiger partial charge >= 0.3 is 66.3 Å². The maximum atomic E-state index is 11.0. The fourth-order valence-corrected chi connectivity index (χ4v) is 3.15. The summed E-state index contributed by atoms with van der Waals surface area (Å²) in [5.41, 5.74) is 4.84. The number of ether oxygens (including phenoxy) is 4. The smallest absolute Gasteiger partial charge is 1.00 e. The third-order valence-corrected chi connectivity index (χ3v) is 5.49. The third kappa shape index (κ3) is 56.7. The second-order valence-corrected chi connectivity index (χ2v) is 11.1. The number of thiocarbonyl (C=S) groups is 1. The van der Waals surface area contributed by atoms with Crippen molar-refractivity contribution >= 4 is 111 Å². The number of thiazole rings is 2. The third-order valence-electron chi connectivity index (χ3n) is 3.20. The minimum atomic E-state index is -1.15. The van der Waals surface area contributed by atoms with Crippen molar-refractivity contribution in [3.05, 3.63) is 32.2 Å². The van der Waals surface area contributed by atoms with E-state index in [9.17, 15) is 24.0 Å². The first-order valence-electron chi connectivity index (χ1n) is 13.6. The number of aromatic nitrogens is 2. The van der Waals surface area contributed by atoms with Gasteiger partial charge < -0.3 is 41.1 Å². The Kier molecular flexibility index (Phi) is 71.1. The van der Waals surface area contributed by atoms with Crippen LogP contribution in [0.2, 0.25) is 0 Å². The molecule has 1 atom stereocenters. The van der Waals surface area contributed by atoms with Gasteiger partial charge in [-0.05, 0) is 48.5 Å². The van der Waals surface area contributed by atoms with Crippen molar-refractivity contribution in [2.24, 2.45) is 5.73 Å². The molecule has 0 aliphatic heterocycles. The van der Waals surface area contributed by atoms with Crippen LogP contribution in [0.4, 0.5) is 0 Å². The summed E-state index contributed by atoms with van der Waals surface area (Å²) in [6.45, 7) is 16.0. The van der Waals surface area contributed by atoms with Crippen LogP contribution in [0.15, 0.2) is 12.4 Å². The van der Waals surface area contributed by atoms with Crippen molar-refractivity contribution in [1.82, 2.24) is 9.97 Å². The van der Waals surface area contributed by atoms with Crippen molar-refractivity contribution in [3.8, 4) is 0 Å². The number of carbonyl (C=O) groups is 5. The van der Waals surface area contributed by atoms with E-state index in [1.165, 1.54) is 28.9 Å². The SMILES string of the molecule is CC(N)=S.CCOC(=O)C(Cl)C=O.CCOC(=O)CCl.CCOC(=O)c1cnc(C)s1.CCOC=O.CC[O-].Cc1ncc(CO)s1.[AlH3].[H-].[Li+].[Na+]. The monoisotopic (exact) mass is 827 g/mol. The number of aldehydes is 1. The van der Waals surface area contributed by atoms with Gasteiger partial charge in [0.1, 0.15) is 17.0 Å². The number of aliphatic hydroxyl groups is 1. The Balaban J connectivity index is -0.0000000588. The standard InChI is InChI=1S/C7H9NO2S.C5H7ClO3.C5H7NOS.C4H7ClO2.C3H6O2.C2H5NS.C2H5O.Al.Li.Na.4H/c1-3-10-7(9)6-4-8-5(2)11-6;1-2-9-5(8)4(6)3-7;1-4-6-2-5(3-7)8-4;1-2-7-4(6)3-5;1-2-5-3-4;1-2(3)4;1-2-3;;;;;;;/h4H,3H2,1-2H3;3-4H,2H2,1H3;2,7H,3H2,1H3;2-3H2,1H3;3H,2H2,1H3;1H3,(H2,3,4);2H2,1H3;;;;;;;/q;;;;;;-1;;2*+1;;;;-1. The summed E-state index contributed by atoms with van der Waals surface area (Å²) in [4.78, 5) is 60.3. The number of halogens is 2. The van der Waals surface area contributed by atoms with Gasteiger partial charge in [-0.2, -0.15) is 0 Å². The van der Waals surface area contributed by atoms with Crippen molar-refractivity contribution in [2.75, 3.05) is 38.9 Å². The molecule has 0 aliphatic carbocycles. The van der Waals surface area contributed by atoms with Crippen molar-refractivity contribution < 1.29 is 103 Å². The zero-order chi connectivity index (χ0) is 37.6. The molecule has 2 aromatic heterocycles. The summed E-state index contributed by atoms with van der Waals surface area (Å²) in [5, 5.41) is 18.2. The first-order valence-corrected chi connectivity index (χ1v) is 16.7. The molecule has 2 heterocycles. The largest absolute Gasteiger partial charge is 1.00 e. The first-order chi connectivity index (χ1) is 22.1. The van der Waals surface area contributed by atoms with Crippen molar-refractivity contribution in [1.29, 1.82) is 0 Å². The number of aliphatic hydroxyl groups excluding tert-OH is 1. The van der Waals surface area contributed by atoms with Gasteiger partial charge in [-0.25, -0.2) is 19.6 Å². The summed E-state index contributed by atoms with van der Waals surface area (Å²) >= 11 is 17.4. The second kappa shape index (κ2) is 52.7. The Morgan fingerprint density at radius 2 is 1.44 bits per heavy atom. The molecular weight excluding hydrogens is 778 g/mol. The van der Waals surface area contributed by atoms with E-state index in [-0.39, 0.29) is 105 Å². The normalized spacial score (nSPS) is 8.56. The quantitative estimate of drug-likeness (QED) is 0.0452. The van der Waals surface area contributed by atoms with Crippen LogP contribution in [0, 0.1) is 13.8 Å². The zero-order valence-electron chi connectivity index (χ0n) is 30.8. The van der Waals surface area contributed by atoms with Gasteiger partial charge in [-0.1, -0.05) is 19.1 Å². The number of hydrogen-bond acceptors (Lipinski definition) is 16. The maximum absolute atomic E-state index is 11.0. The van der Waals surface area contributed by atoms with Crippen LogP contribution in [0.25, 0.3) is 0 Å². The summed E-state index contributed by atoms with van der Waals surface area (Å²) < 4.78 is 17.7. The van der Waals surface area contributed by atoms with E-state index in [4.69, 9.17) is 43.9 Å². The molecular formula is C28H50AlCl2LiN3NaO11S3. The fraction of sp³-hybridized carbons (Fsp3) is 0.571. The van der Waals surface area contributed by atoms with E-state index >= 15 is 0 Å². The maximum Gasteiger partial charge on any atom is 1.00 e. The summed E-state index contributed by atoms with van der Waals surface area (Å²) in [6, 6.07) is 0. The topological polar surface area (TPSA) is 217 Å². The minimum absolute atomic E-state index is 0. The molecule has 0 amide bonds. The van der Waals surface area contributed by atoms with Crippen LogP contribution in [0.3, 0.4) is 0 Å². The number of nitrogens with two attached hydrogens (primary N) is 1.